The number of carbonyl (C=O) groups is 2. The number of carboxylic acid groups (broad SMARTS) is 1. The number of anilines is 3. The van der Waals surface area contributed by atoms with Crippen LogP contribution >= 0.6 is 0 Å². The lowest BCUT2D eigenvalue weighted by molar-refractivity contribution is -0.120. The summed E-state index contributed by atoms with van der Waals surface area (Å²) < 4.78 is 5.12. The van der Waals surface area contributed by atoms with Gasteiger partial charge in [0.15, 0.2) is 0 Å². The highest BCUT2D eigenvalue weighted by Crippen LogP contribution is 2.40. The molecular formula is C52H45B2NO4. The van der Waals surface area contributed by atoms with Gasteiger partial charge in [-0.2, -0.15) is 0 Å². The van der Waals surface area contributed by atoms with E-state index in [0.717, 1.165) is 33.6 Å². The number of rotatable bonds is 7. The second-order valence-corrected chi connectivity index (χ2v) is 17.9. The number of nitrogens with zero attached hydrogens (tertiary/aromatic N) is 1. The zero-order valence-electron chi connectivity index (χ0n) is 34.3. The average Bonchev–Trinajstić information content (AvgIpc) is 3.23. The average molecular weight is 770 g/mol. The quantitative estimate of drug-likeness (QED) is 0.132. The van der Waals surface area contributed by atoms with E-state index in [-0.39, 0.29) is 29.8 Å². The van der Waals surface area contributed by atoms with Crippen molar-refractivity contribution in [2.24, 2.45) is 0 Å². The van der Waals surface area contributed by atoms with Crippen molar-refractivity contribution in [1.82, 2.24) is 0 Å². The fraction of sp³-hybridized carbons (Fsp3) is 0.154. The number of carboxylic acids is 1. The van der Waals surface area contributed by atoms with E-state index < -0.39 is 5.97 Å². The van der Waals surface area contributed by atoms with Gasteiger partial charge >= 0.3 is 5.97 Å². The molecular weight excluding hydrogens is 724 g/mol. The predicted molar refractivity (Wildman–Crippen MR) is 245 cm³/mol. The van der Waals surface area contributed by atoms with E-state index in [1.807, 2.05) is 36.4 Å². The Hall–Kier alpha value is -6.59. The third-order valence-corrected chi connectivity index (χ3v) is 12.2. The van der Waals surface area contributed by atoms with E-state index in [1.54, 1.807) is 12.1 Å². The summed E-state index contributed by atoms with van der Waals surface area (Å²) in [6.45, 7) is 13.9. The lowest BCUT2D eigenvalue weighted by Gasteiger charge is -2.44. The van der Waals surface area contributed by atoms with Crippen molar-refractivity contribution in [1.29, 1.82) is 0 Å². The second-order valence-electron chi connectivity index (χ2n) is 17.9. The number of hydrogen-bond donors (Lipinski definition) is 1. The monoisotopic (exact) mass is 769 g/mol. The Kier molecular flexibility index (Phi) is 9.23. The molecule has 0 saturated carbocycles. The minimum atomic E-state index is -0.938. The number of benzene rings is 7. The number of ether oxygens (including phenoxy) is 1. The molecule has 0 bridgehead atoms. The van der Waals surface area contributed by atoms with Crippen LogP contribution in [-0.4, -0.2) is 31.0 Å². The first-order chi connectivity index (χ1) is 28.3. The molecule has 0 atom stereocenters. The molecule has 2 aliphatic heterocycles. The summed E-state index contributed by atoms with van der Waals surface area (Å²) in [7, 11) is 0. The molecule has 0 radical (unpaired) electrons. The molecule has 0 saturated heterocycles. The zero-order chi connectivity index (χ0) is 41.2. The van der Waals surface area contributed by atoms with Gasteiger partial charge in [0.05, 0.1) is 5.56 Å². The van der Waals surface area contributed by atoms with Crippen LogP contribution in [0.2, 0.25) is 0 Å². The largest absolute Gasteiger partial charge is 0.478 e. The lowest BCUT2D eigenvalue weighted by Crippen LogP contribution is -2.65. The number of aromatic carboxylic acids is 1. The Morgan fingerprint density at radius 1 is 0.542 bits per heavy atom. The smallest absolute Gasteiger partial charge is 0.335 e. The molecule has 7 aromatic carbocycles. The van der Waals surface area contributed by atoms with Gasteiger partial charge in [-0.05, 0) is 102 Å². The molecule has 59 heavy (non-hydrogen) atoms. The molecule has 0 spiro atoms. The van der Waals surface area contributed by atoms with Crippen LogP contribution in [0.25, 0.3) is 22.3 Å². The minimum absolute atomic E-state index is 0.0185. The number of carbonyl (C=O) groups excluding carboxylic acids is 1. The minimum Gasteiger partial charge on any atom is -0.478 e. The van der Waals surface area contributed by atoms with Crippen molar-refractivity contribution >= 4 is 75.7 Å². The molecule has 7 heteroatoms. The van der Waals surface area contributed by atoms with Gasteiger partial charge in [-0.15, -0.1) is 0 Å². The highest BCUT2D eigenvalue weighted by atomic mass is 16.5. The second kappa shape index (κ2) is 14.4. The van der Waals surface area contributed by atoms with E-state index in [2.05, 4.69) is 150 Å². The molecule has 9 rings (SSSR count). The SMILES string of the molecule is CC(C)(C)c1ccc(B2c3cc(-c4ccc(OC=O)cc4)ccc3N3c4ccc(-c5ccc(C(=O)O)cc5)cc4B(c4ccc(C(C)(C)C)cc4)c4cccc2c43)cc1. The van der Waals surface area contributed by atoms with Gasteiger partial charge in [0.25, 0.3) is 6.47 Å². The topological polar surface area (TPSA) is 66.8 Å². The lowest BCUT2D eigenvalue weighted by atomic mass is 9.30. The first-order valence-corrected chi connectivity index (χ1v) is 20.3. The van der Waals surface area contributed by atoms with Crippen molar-refractivity contribution < 1.29 is 19.4 Å². The van der Waals surface area contributed by atoms with Crippen LogP contribution in [0.1, 0.15) is 63.0 Å². The molecule has 288 valence electrons. The Balaban J connectivity index is 1.28. The molecule has 2 aliphatic rings. The third kappa shape index (κ3) is 6.75. The molecule has 0 aliphatic carbocycles. The van der Waals surface area contributed by atoms with Crippen LogP contribution in [0.5, 0.6) is 5.75 Å². The van der Waals surface area contributed by atoms with Gasteiger partial charge in [-0.1, -0.05) is 168 Å². The summed E-state index contributed by atoms with van der Waals surface area (Å²) in [5.74, 6) is -0.433. The molecule has 1 N–H and O–H groups in total. The summed E-state index contributed by atoms with van der Waals surface area (Å²) in [4.78, 5) is 25.2. The third-order valence-electron chi connectivity index (χ3n) is 12.2. The van der Waals surface area contributed by atoms with Gasteiger partial charge in [0.1, 0.15) is 5.75 Å². The summed E-state index contributed by atoms with van der Waals surface area (Å²) >= 11 is 0. The summed E-state index contributed by atoms with van der Waals surface area (Å²) in [6.07, 6.45) is 0. The van der Waals surface area contributed by atoms with E-state index in [9.17, 15) is 14.7 Å². The van der Waals surface area contributed by atoms with Crippen LogP contribution < -0.4 is 42.4 Å². The van der Waals surface area contributed by atoms with Crippen molar-refractivity contribution in [2.75, 3.05) is 4.90 Å². The molecule has 0 amide bonds. The number of fused-ring (bicyclic) bond motifs is 4. The number of hydrogen-bond acceptors (Lipinski definition) is 4. The highest BCUT2D eigenvalue weighted by molar-refractivity contribution is 7.02. The van der Waals surface area contributed by atoms with E-state index >= 15 is 0 Å². The first kappa shape index (κ1) is 38.0. The van der Waals surface area contributed by atoms with Gasteiger partial charge in [-0.25, -0.2) is 4.79 Å². The van der Waals surface area contributed by atoms with Crippen LogP contribution in [0.4, 0.5) is 17.1 Å². The summed E-state index contributed by atoms with van der Waals surface area (Å²) in [5.41, 5.74) is 17.8. The normalized spacial score (nSPS) is 13.0. The first-order valence-electron chi connectivity index (χ1n) is 20.3. The Labute approximate surface area is 347 Å². The fourth-order valence-electron chi connectivity index (χ4n) is 9.00. The van der Waals surface area contributed by atoms with Crippen molar-refractivity contribution in [3.63, 3.8) is 0 Å². The van der Waals surface area contributed by atoms with E-state index in [1.165, 1.54) is 49.6 Å². The maximum absolute atomic E-state index is 11.7. The molecule has 7 aromatic rings. The van der Waals surface area contributed by atoms with Crippen LogP contribution in [-0.2, 0) is 15.6 Å². The van der Waals surface area contributed by atoms with Gasteiger partial charge < -0.3 is 14.7 Å². The van der Waals surface area contributed by atoms with Gasteiger partial charge in [0.2, 0.25) is 13.4 Å². The van der Waals surface area contributed by atoms with Crippen LogP contribution in [0.15, 0.2) is 152 Å². The Morgan fingerprint density at radius 2 is 0.966 bits per heavy atom. The van der Waals surface area contributed by atoms with Crippen molar-refractivity contribution in [3.8, 4) is 28.0 Å². The maximum atomic E-state index is 11.7. The Bertz CT molecular complexity index is 2750. The van der Waals surface area contributed by atoms with E-state index in [0.29, 0.717) is 12.2 Å². The van der Waals surface area contributed by atoms with Gasteiger partial charge in [-0.3, -0.25) is 4.79 Å². The molecule has 0 aromatic heterocycles. The van der Waals surface area contributed by atoms with Crippen molar-refractivity contribution in [3.05, 3.63) is 168 Å². The molecule has 5 nitrogen and oxygen atoms in total. The predicted octanol–water partition coefficient (Wildman–Crippen LogP) is 7.98. The Morgan fingerprint density at radius 3 is 1.37 bits per heavy atom. The van der Waals surface area contributed by atoms with Crippen LogP contribution in [0.3, 0.4) is 0 Å². The molecule has 0 fully saturated rings. The van der Waals surface area contributed by atoms with Crippen LogP contribution in [0, 0.1) is 0 Å². The fourth-order valence-corrected chi connectivity index (χ4v) is 9.00. The van der Waals surface area contributed by atoms with E-state index in [4.69, 9.17) is 4.74 Å². The standard InChI is InChI=1S/C52H45B2NO4/c1-51(2,3)38-18-22-40(23-19-38)53-43-8-7-9-44-49(43)55(47-28-16-36(30-45(47)53)33-10-12-35(13-11-33)50(57)58)48-29-17-37(34-14-26-42(27-15-34)59-32-56)31-46(48)54(44)41-24-20-39(21-25-41)52(4,5)6/h7-32H,1-6H3,(H,57,58). The highest BCUT2D eigenvalue weighted by Gasteiger charge is 2.43. The maximum Gasteiger partial charge on any atom is 0.335 e. The molecule has 0 unspecified atom stereocenters. The van der Waals surface area contributed by atoms with Crippen molar-refractivity contribution in [2.45, 2.75) is 52.4 Å². The summed E-state index contributed by atoms with van der Waals surface area (Å²) in [5, 5.41) is 9.62. The zero-order valence-corrected chi connectivity index (χ0v) is 34.3. The summed E-state index contributed by atoms with van der Waals surface area (Å²) in [6, 6.07) is 53.5. The number of para-hydroxylation sites is 1. The molecule has 2 heterocycles. The van der Waals surface area contributed by atoms with Gasteiger partial charge in [0, 0.05) is 17.1 Å².